The van der Waals surface area contributed by atoms with E-state index in [0.29, 0.717) is 12.7 Å². The van der Waals surface area contributed by atoms with Crippen molar-refractivity contribution in [1.82, 2.24) is 9.78 Å². The molecule has 2 rings (SSSR count). The maximum Gasteiger partial charge on any atom is 0.435 e. The van der Waals surface area contributed by atoms with E-state index in [0.717, 1.165) is 4.68 Å². The number of alkyl halides is 3. The minimum Gasteiger partial charge on any atom is -0.464 e. The first-order valence-corrected chi connectivity index (χ1v) is 7.29. The van der Waals surface area contributed by atoms with Crippen LogP contribution < -0.4 is 0 Å². The molecule has 2 radical (unpaired) electrons. The van der Waals surface area contributed by atoms with Crippen LogP contribution in [0.4, 0.5) is 13.2 Å². The zero-order chi connectivity index (χ0) is 17.2. The molecule has 0 bridgehead atoms. The van der Waals surface area contributed by atoms with Crippen molar-refractivity contribution in [1.29, 1.82) is 0 Å². The summed E-state index contributed by atoms with van der Waals surface area (Å²) in [7, 11) is 5.43. The van der Waals surface area contributed by atoms with Gasteiger partial charge in [-0.25, -0.2) is 4.68 Å². The van der Waals surface area contributed by atoms with Crippen LogP contribution in [0.2, 0.25) is 6.32 Å². The molecule has 1 aromatic heterocycles. The third kappa shape index (κ3) is 3.94. The van der Waals surface area contributed by atoms with Crippen molar-refractivity contribution in [2.75, 3.05) is 6.61 Å². The van der Waals surface area contributed by atoms with Gasteiger partial charge in [-0.05, 0) is 18.8 Å². The molecule has 0 fully saturated rings. The van der Waals surface area contributed by atoms with Crippen LogP contribution in [0.25, 0.3) is 0 Å². The van der Waals surface area contributed by atoms with Crippen LogP contribution in [-0.2, 0) is 28.7 Å². The Morgan fingerprint density at radius 3 is 2.74 bits per heavy atom. The zero-order valence-corrected chi connectivity index (χ0v) is 12.7. The lowest BCUT2D eigenvalue weighted by Gasteiger charge is -2.10. The van der Waals surface area contributed by atoms with Gasteiger partial charge < -0.3 is 4.74 Å². The first-order chi connectivity index (χ1) is 10.7. The summed E-state index contributed by atoms with van der Waals surface area (Å²) in [5.41, 5.74) is -1.36. The van der Waals surface area contributed by atoms with E-state index in [1.165, 1.54) is 0 Å². The van der Waals surface area contributed by atoms with E-state index in [9.17, 15) is 22.8 Å². The van der Waals surface area contributed by atoms with Gasteiger partial charge in [-0.3, -0.25) is 9.59 Å². The van der Waals surface area contributed by atoms with Crippen molar-refractivity contribution >= 4 is 19.6 Å². The van der Waals surface area contributed by atoms with Crippen molar-refractivity contribution in [3.05, 3.63) is 17.0 Å². The predicted molar refractivity (Wildman–Crippen MR) is 75.2 cm³/mol. The molecule has 9 heteroatoms. The number of Topliss-reactive ketones (excluding diaryl/α,β-unsaturated/α-hetero) is 1. The SMILES string of the molecule is [B]CC(C)CCOC(=O)Cn1nc(C(F)(F)F)c2c1C(=O)CC2. The molecule has 0 amide bonds. The average Bonchev–Trinajstić information content (AvgIpc) is 3.00. The Hall–Kier alpha value is -1.80. The second-order valence-corrected chi connectivity index (χ2v) is 5.60. The summed E-state index contributed by atoms with van der Waals surface area (Å²) in [4.78, 5) is 23.5. The number of carbonyl (C=O) groups is 2. The molecule has 1 aliphatic rings. The maximum absolute atomic E-state index is 12.9. The van der Waals surface area contributed by atoms with Gasteiger partial charge >= 0.3 is 12.1 Å². The highest BCUT2D eigenvalue weighted by Gasteiger charge is 2.42. The Bertz CT molecular complexity index is 613. The summed E-state index contributed by atoms with van der Waals surface area (Å²) in [6, 6.07) is 0. The number of ether oxygens (including phenoxy) is 1. The molecule has 124 valence electrons. The van der Waals surface area contributed by atoms with Crippen LogP contribution in [-0.4, -0.2) is 36.0 Å². The molecular weight excluding hydrogens is 312 g/mol. The Kier molecular flexibility index (Phi) is 5.16. The minimum atomic E-state index is -4.65. The number of aromatic nitrogens is 2. The number of esters is 1. The smallest absolute Gasteiger partial charge is 0.435 e. The molecule has 0 saturated heterocycles. The Morgan fingerprint density at radius 2 is 2.13 bits per heavy atom. The van der Waals surface area contributed by atoms with Gasteiger partial charge in [0.25, 0.3) is 0 Å². The van der Waals surface area contributed by atoms with Crippen LogP contribution in [0.3, 0.4) is 0 Å². The molecule has 23 heavy (non-hydrogen) atoms. The molecule has 5 nitrogen and oxygen atoms in total. The molecule has 0 aliphatic heterocycles. The molecule has 0 spiro atoms. The highest BCUT2D eigenvalue weighted by Crippen LogP contribution is 2.36. The third-order valence-electron chi connectivity index (χ3n) is 3.74. The summed E-state index contributed by atoms with van der Waals surface area (Å²) in [5, 5.41) is 3.40. The van der Waals surface area contributed by atoms with E-state index >= 15 is 0 Å². The first kappa shape index (κ1) is 17.6. The van der Waals surface area contributed by atoms with Crippen LogP contribution in [0.1, 0.15) is 41.5 Å². The van der Waals surface area contributed by atoms with Crippen molar-refractivity contribution in [3.63, 3.8) is 0 Å². The summed E-state index contributed by atoms with van der Waals surface area (Å²) in [5.74, 6) is -0.990. The Morgan fingerprint density at radius 1 is 1.43 bits per heavy atom. The second-order valence-electron chi connectivity index (χ2n) is 5.60. The lowest BCUT2D eigenvalue weighted by Crippen LogP contribution is -2.19. The standard InChI is InChI=1S/C14H16BF3N2O3/c1-8(6-15)4-5-23-11(22)7-20-12-9(2-3-10(12)21)13(19-20)14(16,17)18/h8H,2-7H2,1H3. The van der Waals surface area contributed by atoms with Crippen molar-refractivity contribution in [2.24, 2.45) is 5.92 Å². The summed E-state index contributed by atoms with van der Waals surface area (Å²) >= 11 is 0. The number of hydrogen-bond acceptors (Lipinski definition) is 4. The molecule has 0 aromatic carbocycles. The first-order valence-electron chi connectivity index (χ1n) is 7.29. The van der Waals surface area contributed by atoms with Crippen LogP contribution in [0.5, 0.6) is 0 Å². The monoisotopic (exact) mass is 328 g/mol. The fourth-order valence-electron chi connectivity index (χ4n) is 2.41. The van der Waals surface area contributed by atoms with Crippen molar-refractivity contribution < 1.29 is 27.5 Å². The van der Waals surface area contributed by atoms with E-state index in [1.807, 2.05) is 6.92 Å². The normalized spacial score (nSPS) is 15.6. The van der Waals surface area contributed by atoms with E-state index in [2.05, 4.69) is 5.10 Å². The van der Waals surface area contributed by atoms with Crippen molar-refractivity contribution in [3.8, 4) is 0 Å². The van der Waals surface area contributed by atoms with Gasteiger partial charge in [0.05, 0.1) is 14.5 Å². The number of nitrogens with zero attached hydrogens (tertiary/aromatic N) is 2. The fraction of sp³-hybridized carbons (Fsp3) is 0.643. The van der Waals surface area contributed by atoms with E-state index < -0.39 is 30.2 Å². The second kappa shape index (κ2) is 6.76. The number of halogens is 3. The van der Waals surface area contributed by atoms with Crippen molar-refractivity contribution in [2.45, 2.75) is 45.2 Å². The van der Waals surface area contributed by atoms with Gasteiger partial charge in [0, 0.05) is 12.0 Å². The molecule has 1 aromatic rings. The lowest BCUT2D eigenvalue weighted by molar-refractivity contribution is -0.146. The summed E-state index contributed by atoms with van der Waals surface area (Å²) in [6.07, 6.45) is -3.65. The fourth-order valence-corrected chi connectivity index (χ4v) is 2.41. The van der Waals surface area contributed by atoms with Gasteiger partial charge in [0.2, 0.25) is 0 Å². The zero-order valence-electron chi connectivity index (χ0n) is 12.7. The highest BCUT2D eigenvalue weighted by atomic mass is 19.4. The third-order valence-corrected chi connectivity index (χ3v) is 3.74. The minimum absolute atomic E-state index is 0.000666. The number of hydrogen-bond donors (Lipinski definition) is 0. The molecule has 0 N–H and O–H groups in total. The van der Waals surface area contributed by atoms with Gasteiger partial charge in [-0.15, -0.1) is 0 Å². The Balaban J connectivity index is 2.09. The lowest BCUT2D eigenvalue weighted by atomic mass is 9.91. The van der Waals surface area contributed by atoms with E-state index in [4.69, 9.17) is 12.6 Å². The molecule has 1 unspecified atom stereocenters. The topological polar surface area (TPSA) is 61.2 Å². The van der Waals surface area contributed by atoms with E-state index in [1.54, 1.807) is 0 Å². The van der Waals surface area contributed by atoms with Gasteiger partial charge in [0.15, 0.2) is 11.5 Å². The van der Waals surface area contributed by atoms with Gasteiger partial charge in [0.1, 0.15) is 12.2 Å². The number of rotatable bonds is 6. The molecule has 0 saturated carbocycles. The van der Waals surface area contributed by atoms with Crippen LogP contribution >= 0.6 is 0 Å². The Labute approximate surface area is 132 Å². The van der Waals surface area contributed by atoms with Gasteiger partial charge in [-0.2, -0.15) is 18.3 Å². The highest BCUT2D eigenvalue weighted by molar-refractivity contribution is 6.08. The molecular formula is C14H16BF3N2O3. The maximum atomic E-state index is 12.9. The summed E-state index contributed by atoms with van der Waals surface area (Å²) < 4.78 is 44.6. The number of ketones is 1. The van der Waals surface area contributed by atoms with Crippen LogP contribution in [0, 0.1) is 5.92 Å². The number of fused-ring (bicyclic) bond motifs is 1. The van der Waals surface area contributed by atoms with Crippen LogP contribution in [0.15, 0.2) is 0 Å². The molecule has 1 heterocycles. The number of carbonyl (C=O) groups excluding carboxylic acids is 2. The largest absolute Gasteiger partial charge is 0.464 e. The summed E-state index contributed by atoms with van der Waals surface area (Å²) in [6.45, 7) is 1.50. The van der Waals surface area contributed by atoms with E-state index in [-0.39, 0.29) is 36.6 Å². The average molecular weight is 328 g/mol. The quantitative estimate of drug-likeness (QED) is 0.593. The molecule has 1 atom stereocenters. The van der Waals surface area contributed by atoms with Gasteiger partial charge in [-0.1, -0.05) is 13.2 Å². The predicted octanol–water partition coefficient (Wildman–Crippen LogP) is 2.19. The molecule has 1 aliphatic carbocycles.